The second-order valence-corrected chi connectivity index (χ2v) is 8.06. The van der Waals surface area contributed by atoms with Crippen molar-refractivity contribution in [2.24, 2.45) is 0 Å². The monoisotopic (exact) mass is 356 g/mol. The summed E-state index contributed by atoms with van der Waals surface area (Å²) in [5, 5.41) is 0. The molecule has 0 unspecified atom stereocenters. The van der Waals surface area contributed by atoms with Crippen LogP contribution in [0.25, 0.3) is 0 Å². The molecule has 1 heterocycles. The summed E-state index contributed by atoms with van der Waals surface area (Å²) >= 11 is 1.66. The zero-order chi connectivity index (χ0) is 18.3. The first-order valence-corrected chi connectivity index (χ1v) is 11.2. The van der Waals surface area contributed by atoms with Crippen LogP contribution in [-0.2, 0) is 12.8 Å². The maximum Gasteiger partial charge on any atom is 0.0813 e. The second kappa shape index (κ2) is 14.0. The van der Waals surface area contributed by atoms with E-state index < -0.39 is 0 Å². The first kappa shape index (κ1) is 21.9. The van der Waals surface area contributed by atoms with Gasteiger partial charge in [0.1, 0.15) is 0 Å². The fraction of sp³-hybridized carbons (Fsp3) is 0.667. The number of thiophene rings is 1. The van der Waals surface area contributed by atoms with Gasteiger partial charge < -0.3 is 0 Å². The molecule has 0 fully saturated rings. The number of hydrogen-bond acceptors (Lipinski definition) is 1. The Morgan fingerprint density at radius 3 is 1.32 bits per heavy atom. The van der Waals surface area contributed by atoms with Crippen LogP contribution in [0, 0.1) is 24.7 Å². The van der Waals surface area contributed by atoms with Crippen molar-refractivity contribution in [2.45, 2.75) is 104 Å². The van der Waals surface area contributed by atoms with Crippen LogP contribution in [0.15, 0.2) is 0 Å². The molecule has 0 amide bonds. The maximum absolute atomic E-state index is 5.76. The topological polar surface area (TPSA) is 0 Å². The minimum Gasteiger partial charge on any atom is -0.117 e. The summed E-state index contributed by atoms with van der Waals surface area (Å²) in [4.78, 5) is 2.17. The highest BCUT2D eigenvalue weighted by atomic mass is 32.1. The summed E-state index contributed by atoms with van der Waals surface area (Å²) < 4.78 is 0. The van der Waals surface area contributed by atoms with Gasteiger partial charge in [-0.3, -0.25) is 0 Å². The van der Waals surface area contributed by atoms with Crippen LogP contribution < -0.4 is 0 Å². The average Bonchev–Trinajstić information content (AvgIpc) is 2.97. The minimum absolute atomic E-state index is 1.09. The van der Waals surface area contributed by atoms with Crippen LogP contribution in [0.3, 0.4) is 0 Å². The Hall–Kier alpha value is -1.18. The van der Waals surface area contributed by atoms with Crippen molar-refractivity contribution in [3.8, 4) is 24.7 Å². The standard InChI is InChI=1S/C24H36S/c1-5-9-11-13-15-17-19-21-22(20-18-16-14-12-10-6-2)24(8-4)25-23(21)7-3/h3-4H,5-6,9-20H2,1-2H3. The zero-order valence-electron chi connectivity index (χ0n) is 16.5. The van der Waals surface area contributed by atoms with Gasteiger partial charge >= 0.3 is 0 Å². The summed E-state index contributed by atoms with van der Waals surface area (Å²) in [7, 11) is 0. The van der Waals surface area contributed by atoms with Gasteiger partial charge in [-0.2, -0.15) is 0 Å². The second-order valence-electron chi connectivity index (χ2n) is 7.04. The molecule has 0 N–H and O–H groups in total. The first-order valence-electron chi connectivity index (χ1n) is 10.4. The fourth-order valence-corrected chi connectivity index (χ4v) is 4.44. The van der Waals surface area contributed by atoms with Crippen LogP contribution >= 0.6 is 11.3 Å². The highest BCUT2D eigenvalue weighted by Gasteiger charge is 2.15. The molecule has 0 aromatic carbocycles. The Morgan fingerprint density at radius 1 is 0.600 bits per heavy atom. The molecule has 25 heavy (non-hydrogen) atoms. The van der Waals surface area contributed by atoms with E-state index in [9.17, 15) is 0 Å². The molecule has 0 atom stereocenters. The van der Waals surface area contributed by atoms with Gasteiger partial charge in [-0.05, 0) is 36.8 Å². The molecule has 1 rings (SSSR count). The van der Waals surface area contributed by atoms with Crippen LogP contribution in [-0.4, -0.2) is 0 Å². The molecular formula is C24H36S. The van der Waals surface area contributed by atoms with Crippen molar-refractivity contribution in [3.63, 3.8) is 0 Å². The van der Waals surface area contributed by atoms with Crippen molar-refractivity contribution in [1.29, 1.82) is 0 Å². The van der Waals surface area contributed by atoms with E-state index in [4.69, 9.17) is 12.8 Å². The molecule has 1 aromatic rings. The zero-order valence-corrected chi connectivity index (χ0v) is 17.3. The molecule has 0 bridgehead atoms. The van der Waals surface area contributed by atoms with Crippen molar-refractivity contribution in [2.75, 3.05) is 0 Å². The van der Waals surface area contributed by atoms with E-state index in [-0.39, 0.29) is 0 Å². The highest BCUT2D eigenvalue weighted by molar-refractivity contribution is 7.13. The van der Waals surface area contributed by atoms with Gasteiger partial charge in [0.05, 0.1) is 9.75 Å². The summed E-state index contributed by atoms with van der Waals surface area (Å²) in [5.74, 6) is 5.79. The van der Waals surface area contributed by atoms with E-state index in [1.54, 1.807) is 11.3 Å². The van der Waals surface area contributed by atoms with Gasteiger partial charge in [-0.25, -0.2) is 0 Å². The smallest absolute Gasteiger partial charge is 0.0813 e. The molecule has 0 saturated heterocycles. The molecule has 0 spiro atoms. The van der Waals surface area contributed by atoms with Crippen LogP contribution in [0.4, 0.5) is 0 Å². The van der Waals surface area contributed by atoms with Gasteiger partial charge in [0, 0.05) is 0 Å². The van der Waals surface area contributed by atoms with Gasteiger partial charge in [0.15, 0.2) is 0 Å². The van der Waals surface area contributed by atoms with Gasteiger partial charge in [0.25, 0.3) is 0 Å². The maximum atomic E-state index is 5.76. The Balaban J connectivity index is 2.57. The predicted octanol–water partition coefficient (Wildman–Crippen LogP) is 7.52. The van der Waals surface area contributed by atoms with Crippen LogP contribution in [0.5, 0.6) is 0 Å². The van der Waals surface area contributed by atoms with E-state index in [0.717, 1.165) is 22.6 Å². The SMILES string of the molecule is C#Cc1sc(C#C)c(CCCCCCCC)c1CCCCCCCC. The summed E-state index contributed by atoms with van der Waals surface area (Å²) in [5.41, 5.74) is 2.79. The number of terminal acetylenes is 2. The third kappa shape index (κ3) is 8.16. The Labute approximate surface area is 160 Å². The summed E-state index contributed by atoms with van der Waals surface area (Å²) in [6.07, 6.45) is 29.6. The molecule has 0 radical (unpaired) electrons. The van der Waals surface area contributed by atoms with E-state index in [1.165, 1.54) is 88.2 Å². The fourth-order valence-electron chi connectivity index (χ4n) is 3.43. The lowest BCUT2D eigenvalue weighted by molar-refractivity contribution is 0.599. The molecule has 0 saturated carbocycles. The molecule has 1 heteroatoms. The number of hydrogen-bond donors (Lipinski definition) is 0. The molecule has 138 valence electrons. The van der Waals surface area contributed by atoms with Crippen LogP contribution in [0.2, 0.25) is 0 Å². The number of unbranched alkanes of at least 4 members (excludes halogenated alkanes) is 10. The van der Waals surface area contributed by atoms with E-state index in [0.29, 0.717) is 0 Å². The lowest BCUT2D eigenvalue weighted by atomic mass is 9.96. The minimum atomic E-state index is 1.09. The third-order valence-corrected chi connectivity index (χ3v) is 6.08. The van der Waals surface area contributed by atoms with Crippen molar-refractivity contribution in [3.05, 3.63) is 20.9 Å². The summed E-state index contributed by atoms with van der Waals surface area (Å²) in [6, 6.07) is 0. The molecule has 0 aliphatic carbocycles. The predicted molar refractivity (Wildman–Crippen MR) is 114 cm³/mol. The van der Waals surface area contributed by atoms with Gasteiger partial charge in [0.2, 0.25) is 0 Å². The molecule has 1 aromatic heterocycles. The van der Waals surface area contributed by atoms with Crippen molar-refractivity contribution in [1.82, 2.24) is 0 Å². The number of rotatable bonds is 14. The van der Waals surface area contributed by atoms with E-state index in [1.807, 2.05) is 0 Å². The first-order chi connectivity index (χ1) is 12.3. The van der Waals surface area contributed by atoms with Gasteiger partial charge in [-0.1, -0.05) is 89.9 Å². The molecule has 0 aliphatic rings. The highest BCUT2D eigenvalue weighted by Crippen LogP contribution is 2.31. The Morgan fingerprint density at radius 2 is 0.960 bits per heavy atom. The largest absolute Gasteiger partial charge is 0.117 e. The average molecular weight is 357 g/mol. The van der Waals surface area contributed by atoms with Crippen molar-refractivity contribution >= 4 is 11.3 Å². The van der Waals surface area contributed by atoms with E-state index in [2.05, 4.69) is 25.7 Å². The van der Waals surface area contributed by atoms with Crippen LogP contribution in [0.1, 0.15) is 112 Å². The Kier molecular flexibility index (Phi) is 12.3. The lowest BCUT2D eigenvalue weighted by Crippen LogP contribution is -1.96. The van der Waals surface area contributed by atoms with Crippen molar-refractivity contribution < 1.29 is 0 Å². The quantitative estimate of drug-likeness (QED) is 0.239. The lowest BCUT2D eigenvalue weighted by Gasteiger charge is -2.07. The molecule has 0 aliphatic heterocycles. The third-order valence-electron chi connectivity index (χ3n) is 4.94. The van der Waals surface area contributed by atoms with Gasteiger partial charge in [-0.15, -0.1) is 24.2 Å². The molecular weight excluding hydrogens is 320 g/mol. The normalized spacial score (nSPS) is 10.6. The Bertz CT molecular complexity index is 501. The van der Waals surface area contributed by atoms with E-state index >= 15 is 0 Å². The summed E-state index contributed by atoms with van der Waals surface area (Å²) in [6.45, 7) is 4.53. The molecule has 0 nitrogen and oxygen atoms in total.